The van der Waals surface area contributed by atoms with Crippen LogP contribution >= 0.6 is 0 Å². The van der Waals surface area contributed by atoms with Crippen molar-refractivity contribution in [3.05, 3.63) is 83.4 Å². The summed E-state index contributed by atoms with van der Waals surface area (Å²) in [6, 6.07) is 12.1. The molecule has 4 rings (SSSR count). The highest BCUT2D eigenvalue weighted by molar-refractivity contribution is 6.08. The van der Waals surface area contributed by atoms with Crippen molar-refractivity contribution in [3.8, 4) is 5.75 Å². The minimum atomic E-state index is -1.18. The minimum Gasteiger partial charge on any atom is -0.494 e. The first-order chi connectivity index (χ1) is 15.0. The zero-order valence-corrected chi connectivity index (χ0v) is 16.5. The molecule has 3 N–H and O–H groups in total. The fourth-order valence-electron chi connectivity index (χ4n) is 3.38. The molecule has 0 spiro atoms. The number of carboxylic acid groups (broad SMARTS) is 1. The van der Waals surface area contributed by atoms with Gasteiger partial charge in [-0.05, 0) is 37.3 Å². The van der Waals surface area contributed by atoms with Crippen LogP contribution in [0.2, 0.25) is 0 Å². The van der Waals surface area contributed by atoms with E-state index in [9.17, 15) is 19.1 Å². The highest BCUT2D eigenvalue weighted by Crippen LogP contribution is 2.36. The molecule has 1 atom stereocenters. The van der Waals surface area contributed by atoms with Gasteiger partial charge in [0.05, 0.1) is 12.8 Å². The number of benzene rings is 2. The Morgan fingerprint density at radius 3 is 2.81 bits per heavy atom. The van der Waals surface area contributed by atoms with Crippen LogP contribution in [0.1, 0.15) is 28.9 Å². The monoisotopic (exact) mass is 422 g/mol. The van der Waals surface area contributed by atoms with Crippen molar-refractivity contribution in [2.45, 2.75) is 13.0 Å². The number of hydrogen-bond donors (Lipinski definition) is 3. The van der Waals surface area contributed by atoms with E-state index in [0.29, 0.717) is 17.9 Å². The largest absolute Gasteiger partial charge is 0.494 e. The number of nitrogens with zero attached hydrogens (tertiary/aromatic N) is 2. The third-order valence-corrected chi connectivity index (χ3v) is 4.73. The van der Waals surface area contributed by atoms with Gasteiger partial charge in [0.25, 0.3) is 5.91 Å². The molecule has 0 bridgehead atoms. The number of hydrogen-bond acceptors (Lipinski definition) is 5. The first-order valence-electron chi connectivity index (χ1n) is 9.56. The van der Waals surface area contributed by atoms with Crippen LogP contribution < -0.4 is 15.4 Å². The van der Waals surface area contributed by atoms with Crippen LogP contribution in [0, 0.1) is 5.82 Å². The van der Waals surface area contributed by atoms with Gasteiger partial charge in [-0.25, -0.2) is 13.9 Å². The summed E-state index contributed by atoms with van der Waals surface area (Å²) in [5.74, 6) is -1.42. The third kappa shape index (κ3) is 3.97. The van der Waals surface area contributed by atoms with E-state index in [4.69, 9.17) is 4.74 Å². The molecule has 0 fully saturated rings. The molecule has 158 valence electrons. The average molecular weight is 422 g/mol. The standard InChI is InChI=1S/C22H19FN4O4/c1-2-31-19-9-4-3-8-15(19)18-11-17(22(29)30)26-20-16(12-24-27(18)20)21(28)25-14-7-5-6-13(23)10-14/h3-12,18,26H,2H2,1H3,(H,25,28)(H,29,30). The number of rotatable bonds is 6. The Hall–Kier alpha value is -4.14. The van der Waals surface area contributed by atoms with Gasteiger partial charge in [0.1, 0.15) is 34.7 Å². The van der Waals surface area contributed by atoms with Crippen molar-refractivity contribution >= 4 is 23.4 Å². The highest BCUT2D eigenvalue weighted by atomic mass is 19.1. The molecule has 0 saturated heterocycles. The average Bonchev–Trinajstić information content (AvgIpc) is 3.18. The van der Waals surface area contributed by atoms with Crippen molar-refractivity contribution < 1.29 is 23.8 Å². The number of nitrogens with one attached hydrogen (secondary N) is 2. The molecule has 0 aliphatic carbocycles. The summed E-state index contributed by atoms with van der Waals surface area (Å²) in [6.07, 6.45) is 2.85. The fourth-order valence-corrected chi connectivity index (χ4v) is 3.38. The predicted octanol–water partition coefficient (Wildman–Crippen LogP) is 3.66. The highest BCUT2D eigenvalue weighted by Gasteiger charge is 2.30. The van der Waals surface area contributed by atoms with Gasteiger partial charge in [0, 0.05) is 11.3 Å². The first-order valence-corrected chi connectivity index (χ1v) is 9.56. The number of para-hydroxylation sites is 1. The Morgan fingerprint density at radius 2 is 2.06 bits per heavy atom. The Labute approximate surface area is 177 Å². The second-order valence-corrected chi connectivity index (χ2v) is 6.74. The van der Waals surface area contributed by atoms with E-state index in [1.807, 2.05) is 25.1 Å². The van der Waals surface area contributed by atoms with Crippen molar-refractivity contribution in [2.75, 3.05) is 17.2 Å². The molecule has 2 heterocycles. The van der Waals surface area contributed by atoms with E-state index in [1.54, 1.807) is 12.1 Å². The molecule has 2 aromatic carbocycles. The quantitative estimate of drug-likeness (QED) is 0.560. The van der Waals surface area contributed by atoms with Gasteiger partial charge in [-0.3, -0.25) is 4.79 Å². The van der Waals surface area contributed by atoms with Crippen LogP contribution in [0.5, 0.6) is 5.75 Å². The van der Waals surface area contributed by atoms with Crippen LogP contribution in [0.25, 0.3) is 0 Å². The summed E-state index contributed by atoms with van der Waals surface area (Å²) in [5.41, 5.74) is 0.998. The summed E-state index contributed by atoms with van der Waals surface area (Å²) < 4.78 is 20.7. The van der Waals surface area contributed by atoms with Gasteiger partial charge in [0.2, 0.25) is 0 Å². The fraction of sp³-hybridized carbons (Fsp3) is 0.136. The lowest BCUT2D eigenvalue weighted by atomic mass is 10.0. The van der Waals surface area contributed by atoms with E-state index in [-0.39, 0.29) is 22.8 Å². The molecule has 1 aliphatic rings. The molecule has 3 aromatic rings. The molecule has 9 heteroatoms. The van der Waals surface area contributed by atoms with Gasteiger partial charge in [-0.1, -0.05) is 24.3 Å². The summed E-state index contributed by atoms with van der Waals surface area (Å²) in [4.78, 5) is 24.6. The van der Waals surface area contributed by atoms with Gasteiger partial charge in [-0.2, -0.15) is 5.10 Å². The molecule has 0 saturated carbocycles. The lowest BCUT2D eigenvalue weighted by Gasteiger charge is -2.25. The Morgan fingerprint density at radius 1 is 1.26 bits per heavy atom. The summed E-state index contributed by atoms with van der Waals surface area (Å²) in [5, 5.41) is 19.3. The molecular formula is C22H19FN4O4. The molecule has 0 radical (unpaired) electrons. The number of carbonyl (C=O) groups is 2. The number of fused-ring (bicyclic) bond motifs is 1. The summed E-state index contributed by atoms with van der Waals surface area (Å²) in [7, 11) is 0. The Kier molecular flexibility index (Phi) is 5.40. The lowest BCUT2D eigenvalue weighted by Crippen LogP contribution is -2.26. The maximum Gasteiger partial charge on any atom is 0.352 e. The maximum atomic E-state index is 13.4. The van der Waals surface area contributed by atoms with E-state index >= 15 is 0 Å². The van der Waals surface area contributed by atoms with Crippen LogP contribution in [0.4, 0.5) is 15.9 Å². The van der Waals surface area contributed by atoms with E-state index < -0.39 is 23.7 Å². The normalized spacial score (nSPS) is 14.8. The second-order valence-electron chi connectivity index (χ2n) is 6.74. The van der Waals surface area contributed by atoms with Gasteiger partial charge >= 0.3 is 5.97 Å². The Bertz CT molecular complexity index is 1190. The molecule has 8 nitrogen and oxygen atoms in total. The topological polar surface area (TPSA) is 105 Å². The van der Waals surface area contributed by atoms with Crippen molar-refractivity contribution in [1.29, 1.82) is 0 Å². The summed E-state index contributed by atoms with van der Waals surface area (Å²) >= 11 is 0. The number of amides is 1. The SMILES string of the molecule is CCOc1ccccc1C1C=C(C(=O)O)Nc2c(C(=O)Nc3cccc(F)c3)cnn21. The molecule has 1 aliphatic heterocycles. The summed E-state index contributed by atoms with van der Waals surface area (Å²) in [6.45, 7) is 2.29. The molecule has 1 amide bonds. The van der Waals surface area contributed by atoms with E-state index in [1.165, 1.54) is 35.2 Å². The van der Waals surface area contributed by atoms with Crippen molar-refractivity contribution in [3.63, 3.8) is 0 Å². The minimum absolute atomic E-state index is 0.0934. The number of halogens is 1. The second kappa shape index (κ2) is 8.31. The lowest BCUT2D eigenvalue weighted by molar-refractivity contribution is -0.132. The number of carbonyl (C=O) groups excluding carboxylic acids is 1. The first kappa shape index (κ1) is 20.1. The predicted molar refractivity (Wildman–Crippen MR) is 112 cm³/mol. The van der Waals surface area contributed by atoms with Crippen molar-refractivity contribution in [1.82, 2.24) is 9.78 Å². The van der Waals surface area contributed by atoms with Gasteiger partial charge in [-0.15, -0.1) is 0 Å². The van der Waals surface area contributed by atoms with Crippen LogP contribution in [-0.2, 0) is 4.79 Å². The molecule has 1 aromatic heterocycles. The zero-order chi connectivity index (χ0) is 22.0. The number of allylic oxidation sites excluding steroid dienone is 1. The molecule has 31 heavy (non-hydrogen) atoms. The molecule has 1 unspecified atom stereocenters. The Balaban J connectivity index is 1.75. The van der Waals surface area contributed by atoms with E-state index in [2.05, 4.69) is 15.7 Å². The molecular weight excluding hydrogens is 403 g/mol. The van der Waals surface area contributed by atoms with Crippen LogP contribution in [0.3, 0.4) is 0 Å². The van der Waals surface area contributed by atoms with Gasteiger partial charge in [0.15, 0.2) is 0 Å². The van der Waals surface area contributed by atoms with Gasteiger partial charge < -0.3 is 20.5 Å². The van der Waals surface area contributed by atoms with E-state index in [0.717, 1.165) is 0 Å². The maximum absolute atomic E-state index is 13.4. The number of carboxylic acids is 1. The number of aromatic nitrogens is 2. The number of ether oxygens (including phenoxy) is 1. The van der Waals surface area contributed by atoms with Crippen molar-refractivity contribution in [2.24, 2.45) is 0 Å². The van der Waals surface area contributed by atoms with Crippen LogP contribution in [-0.4, -0.2) is 33.4 Å². The number of aliphatic carboxylic acids is 1. The number of anilines is 2. The zero-order valence-electron chi connectivity index (χ0n) is 16.5. The smallest absolute Gasteiger partial charge is 0.352 e. The third-order valence-electron chi connectivity index (χ3n) is 4.73. The van der Waals surface area contributed by atoms with Crippen LogP contribution in [0.15, 0.2) is 66.5 Å².